The standard InChI is InChI=1S/C22H24F2N4O3S/c1-14(21-25-26-22(29)27(21)2)17-12-18(23)16(11-19(17)24)13-28-10-6-9-20(32(28,30)31)15-7-4-3-5-8-15/h3-5,7-8,11-12,14,20H,6,9-10,13H2,1-2H3,(H,26,29)/t14?,20-/m1/s1. The van der Waals surface area contributed by atoms with Gasteiger partial charge in [-0.15, -0.1) is 0 Å². The van der Waals surface area contributed by atoms with Crippen molar-refractivity contribution in [2.75, 3.05) is 6.54 Å². The number of hydrogen-bond acceptors (Lipinski definition) is 4. The summed E-state index contributed by atoms with van der Waals surface area (Å²) < 4.78 is 58.7. The van der Waals surface area contributed by atoms with E-state index in [-0.39, 0.29) is 30.0 Å². The quantitative estimate of drug-likeness (QED) is 0.631. The molecule has 7 nitrogen and oxygen atoms in total. The first-order valence-electron chi connectivity index (χ1n) is 10.3. The zero-order valence-electron chi connectivity index (χ0n) is 17.8. The first-order chi connectivity index (χ1) is 15.2. The largest absolute Gasteiger partial charge is 0.343 e. The molecule has 1 aromatic heterocycles. The third-order valence-corrected chi connectivity index (χ3v) is 8.30. The van der Waals surface area contributed by atoms with Crippen molar-refractivity contribution in [1.29, 1.82) is 0 Å². The second-order valence-corrected chi connectivity index (χ2v) is 10.2. The normalized spacial score (nSPS) is 19.7. The summed E-state index contributed by atoms with van der Waals surface area (Å²) in [6, 6.07) is 11.0. The monoisotopic (exact) mass is 462 g/mol. The smallest absolute Gasteiger partial charge is 0.282 e. The van der Waals surface area contributed by atoms with Gasteiger partial charge in [0.15, 0.2) is 0 Å². The molecule has 32 heavy (non-hydrogen) atoms. The summed E-state index contributed by atoms with van der Waals surface area (Å²) in [5.74, 6) is -1.79. The molecule has 170 valence electrons. The molecular weight excluding hydrogens is 438 g/mol. The Morgan fingerprint density at radius 3 is 2.56 bits per heavy atom. The first kappa shape index (κ1) is 22.3. The molecular formula is C22H24F2N4O3S. The molecule has 2 aromatic carbocycles. The Morgan fingerprint density at radius 2 is 1.91 bits per heavy atom. The topological polar surface area (TPSA) is 88.1 Å². The van der Waals surface area contributed by atoms with Crippen LogP contribution in [-0.4, -0.2) is 34.0 Å². The minimum absolute atomic E-state index is 0.0355. The van der Waals surface area contributed by atoms with Crippen LogP contribution >= 0.6 is 0 Å². The number of H-pyrrole nitrogens is 1. The van der Waals surface area contributed by atoms with Crippen LogP contribution in [0, 0.1) is 11.6 Å². The van der Waals surface area contributed by atoms with E-state index < -0.39 is 38.5 Å². The molecule has 0 saturated carbocycles. The number of sulfonamides is 1. The maximum Gasteiger partial charge on any atom is 0.343 e. The van der Waals surface area contributed by atoms with E-state index in [1.54, 1.807) is 31.2 Å². The highest BCUT2D eigenvalue weighted by atomic mass is 32.2. The lowest BCUT2D eigenvalue weighted by molar-refractivity contribution is 0.354. The van der Waals surface area contributed by atoms with Crippen LogP contribution in [-0.2, 0) is 23.6 Å². The molecule has 10 heteroatoms. The summed E-state index contributed by atoms with van der Waals surface area (Å²) in [5.41, 5.74) is 0.244. The van der Waals surface area contributed by atoms with Gasteiger partial charge in [0.05, 0.1) is 0 Å². The summed E-state index contributed by atoms with van der Waals surface area (Å²) in [4.78, 5) is 11.6. The van der Waals surface area contributed by atoms with Gasteiger partial charge >= 0.3 is 5.69 Å². The van der Waals surface area contributed by atoms with Crippen molar-refractivity contribution in [1.82, 2.24) is 19.1 Å². The van der Waals surface area contributed by atoms with Gasteiger partial charge in [0.2, 0.25) is 10.0 Å². The molecule has 1 N–H and O–H groups in total. The van der Waals surface area contributed by atoms with Crippen LogP contribution in [0.1, 0.15) is 53.4 Å². The number of nitrogens with one attached hydrogen (secondary N) is 1. The number of benzene rings is 2. The maximum atomic E-state index is 15.0. The molecule has 0 bridgehead atoms. The summed E-state index contributed by atoms with van der Waals surface area (Å²) >= 11 is 0. The second kappa shape index (κ2) is 8.59. The molecule has 0 aliphatic carbocycles. The Bertz CT molecular complexity index is 1290. The van der Waals surface area contributed by atoms with E-state index in [1.165, 1.54) is 15.9 Å². The Labute approximate surface area is 184 Å². The fourth-order valence-corrected chi connectivity index (χ4v) is 6.24. The van der Waals surface area contributed by atoms with E-state index in [0.717, 1.165) is 12.1 Å². The van der Waals surface area contributed by atoms with Gasteiger partial charge < -0.3 is 0 Å². The molecule has 0 radical (unpaired) electrons. The van der Waals surface area contributed by atoms with Gasteiger partial charge in [-0.25, -0.2) is 27.1 Å². The molecule has 1 aliphatic rings. The van der Waals surface area contributed by atoms with Crippen LogP contribution in [0.2, 0.25) is 0 Å². The highest BCUT2D eigenvalue weighted by Gasteiger charge is 2.37. The minimum Gasteiger partial charge on any atom is -0.282 e. The van der Waals surface area contributed by atoms with Gasteiger partial charge in [-0.1, -0.05) is 37.3 Å². The Hall–Kier alpha value is -2.85. The van der Waals surface area contributed by atoms with Crippen LogP contribution in [0.3, 0.4) is 0 Å². The molecule has 1 saturated heterocycles. The molecule has 1 fully saturated rings. The molecule has 0 spiro atoms. The molecule has 2 atom stereocenters. The lowest BCUT2D eigenvalue weighted by Crippen LogP contribution is -2.39. The highest BCUT2D eigenvalue weighted by molar-refractivity contribution is 7.89. The van der Waals surface area contributed by atoms with Gasteiger partial charge in [0, 0.05) is 37.2 Å². The number of rotatable bonds is 5. The summed E-state index contributed by atoms with van der Waals surface area (Å²) in [5, 5.41) is 5.46. The highest BCUT2D eigenvalue weighted by Crippen LogP contribution is 2.36. The van der Waals surface area contributed by atoms with Crippen LogP contribution in [0.5, 0.6) is 0 Å². The lowest BCUT2D eigenvalue weighted by Gasteiger charge is -2.32. The predicted molar refractivity (Wildman–Crippen MR) is 115 cm³/mol. The van der Waals surface area contributed by atoms with Gasteiger partial charge in [0.1, 0.15) is 22.7 Å². The fraction of sp³-hybridized carbons (Fsp3) is 0.364. The number of aromatic amines is 1. The third-order valence-electron chi connectivity index (χ3n) is 6.05. The van der Waals surface area contributed by atoms with Crippen LogP contribution in [0.15, 0.2) is 47.3 Å². The van der Waals surface area contributed by atoms with Crippen molar-refractivity contribution in [2.45, 2.75) is 37.5 Å². The number of nitrogens with zero attached hydrogens (tertiary/aromatic N) is 3. The molecule has 0 amide bonds. The summed E-state index contributed by atoms with van der Waals surface area (Å²) in [6.45, 7) is 1.62. The maximum absolute atomic E-state index is 15.0. The Kier molecular flexibility index (Phi) is 6.00. The second-order valence-electron chi connectivity index (χ2n) is 8.05. The van der Waals surface area contributed by atoms with Crippen molar-refractivity contribution in [2.24, 2.45) is 7.05 Å². The van der Waals surface area contributed by atoms with Crippen molar-refractivity contribution < 1.29 is 17.2 Å². The summed E-state index contributed by atoms with van der Waals surface area (Å²) in [6.07, 6.45) is 1.11. The Balaban J connectivity index is 1.61. The number of aromatic nitrogens is 3. The van der Waals surface area contributed by atoms with Gasteiger partial charge in [-0.2, -0.15) is 9.40 Å². The first-order valence-corrected chi connectivity index (χ1v) is 11.8. The zero-order valence-corrected chi connectivity index (χ0v) is 18.6. The van der Waals surface area contributed by atoms with E-state index in [9.17, 15) is 22.0 Å². The van der Waals surface area contributed by atoms with Gasteiger partial charge in [-0.3, -0.25) is 4.57 Å². The number of hydrogen-bond donors (Lipinski definition) is 1. The van der Waals surface area contributed by atoms with Gasteiger partial charge in [-0.05, 0) is 30.5 Å². The van der Waals surface area contributed by atoms with Crippen LogP contribution < -0.4 is 5.69 Å². The van der Waals surface area contributed by atoms with Crippen LogP contribution in [0.4, 0.5) is 8.78 Å². The molecule has 2 heterocycles. The van der Waals surface area contributed by atoms with Crippen molar-refractivity contribution in [3.8, 4) is 0 Å². The lowest BCUT2D eigenvalue weighted by atomic mass is 9.97. The van der Waals surface area contributed by atoms with E-state index in [0.29, 0.717) is 18.4 Å². The SMILES string of the molecule is CC(c1cc(F)c(CN2CCC[C@H](c3ccccc3)S2(=O)=O)cc1F)c1n[nH]c(=O)n1C. The fourth-order valence-electron chi connectivity index (χ4n) is 4.22. The zero-order chi connectivity index (χ0) is 23.0. The van der Waals surface area contributed by atoms with E-state index in [1.807, 2.05) is 6.07 Å². The molecule has 4 rings (SSSR count). The van der Waals surface area contributed by atoms with Gasteiger partial charge in [0.25, 0.3) is 0 Å². The average Bonchev–Trinajstić information content (AvgIpc) is 3.10. The minimum atomic E-state index is -3.73. The van der Waals surface area contributed by atoms with E-state index in [2.05, 4.69) is 10.2 Å². The predicted octanol–water partition coefficient (Wildman–Crippen LogP) is 3.21. The molecule has 1 unspecified atom stereocenters. The molecule has 1 aliphatic heterocycles. The third kappa shape index (κ3) is 4.00. The van der Waals surface area contributed by atoms with Crippen LogP contribution in [0.25, 0.3) is 0 Å². The van der Waals surface area contributed by atoms with Crippen molar-refractivity contribution >= 4 is 10.0 Å². The summed E-state index contributed by atoms with van der Waals surface area (Å²) in [7, 11) is -2.23. The number of halogens is 2. The van der Waals surface area contributed by atoms with Crippen molar-refractivity contribution in [3.63, 3.8) is 0 Å². The Morgan fingerprint density at radius 1 is 1.19 bits per heavy atom. The molecule has 3 aromatic rings. The van der Waals surface area contributed by atoms with Crippen molar-refractivity contribution in [3.05, 3.63) is 87.1 Å². The van der Waals surface area contributed by atoms with E-state index in [4.69, 9.17) is 0 Å². The average molecular weight is 463 g/mol. The van der Waals surface area contributed by atoms with E-state index >= 15 is 0 Å².